The zero-order chi connectivity index (χ0) is 20.8. The average Bonchev–Trinajstić information content (AvgIpc) is 3.12. The minimum atomic E-state index is -3.80. The summed E-state index contributed by atoms with van der Waals surface area (Å²) in [6.45, 7) is 0.880. The molecule has 154 valence electrons. The van der Waals surface area contributed by atoms with Crippen molar-refractivity contribution in [1.29, 1.82) is 0 Å². The Labute approximate surface area is 183 Å². The zero-order valence-electron chi connectivity index (χ0n) is 15.1. The van der Waals surface area contributed by atoms with Crippen LogP contribution in [-0.4, -0.2) is 55.8 Å². The summed E-state index contributed by atoms with van der Waals surface area (Å²) in [5.41, 5.74) is 0.896. The van der Waals surface area contributed by atoms with Crippen molar-refractivity contribution >= 4 is 50.7 Å². The molecule has 1 atom stereocenters. The summed E-state index contributed by atoms with van der Waals surface area (Å²) in [7, 11) is -3.80. The lowest BCUT2D eigenvalue weighted by molar-refractivity contribution is -0.139. The van der Waals surface area contributed by atoms with Gasteiger partial charge in [-0.3, -0.25) is 4.79 Å². The second-order valence-electron chi connectivity index (χ2n) is 6.84. The lowest BCUT2D eigenvalue weighted by Crippen LogP contribution is -2.53. The second-order valence-corrected chi connectivity index (χ2v) is 9.97. The number of benzene rings is 2. The number of piperazine rings is 1. The Morgan fingerprint density at radius 2 is 1.76 bits per heavy atom. The summed E-state index contributed by atoms with van der Waals surface area (Å²) in [4.78, 5) is 14.4. The molecule has 10 heteroatoms. The standard InChI is InChI=1S/C19H17Cl3N2O4S/c20-13-4-5-15-12(10-13)11-16(28-15)19(25)23-6-8-24(9-7-23)29(26,27)17-3-1-2-14(21)18(17)22/h1-5,10,16H,6-9,11H2. The monoisotopic (exact) mass is 474 g/mol. The second kappa shape index (κ2) is 7.96. The molecule has 0 aromatic heterocycles. The summed E-state index contributed by atoms with van der Waals surface area (Å²) >= 11 is 18.0. The van der Waals surface area contributed by atoms with Crippen molar-refractivity contribution in [3.63, 3.8) is 0 Å². The van der Waals surface area contributed by atoms with E-state index in [9.17, 15) is 13.2 Å². The van der Waals surface area contributed by atoms with E-state index < -0.39 is 16.1 Å². The molecule has 2 aromatic rings. The van der Waals surface area contributed by atoms with Gasteiger partial charge in [0.25, 0.3) is 5.91 Å². The quantitative estimate of drug-likeness (QED) is 0.682. The highest BCUT2D eigenvalue weighted by molar-refractivity contribution is 7.89. The molecule has 0 spiro atoms. The maximum atomic E-state index is 12.9. The van der Waals surface area contributed by atoms with Crippen molar-refractivity contribution in [1.82, 2.24) is 9.21 Å². The number of nitrogens with zero attached hydrogens (tertiary/aromatic N) is 2. The van der Waals surface area contributed by atoms with E-state index in [2.05, 4.69) is 0 Å². The van der Waals surface area contributed by atoms with Crippen LogP contribution >= 0.6 is 34.8 Å². The van der Waals surface area contributed by atoms with Gasteiger partial charge >= 0.3 is 0 Å². The molecule has 0 N–H and O–H groups in total. The molecule has 2 aromatic carbocycles. The fraction of sp³-hybridized carbons (Fsp3) is 0.316. The molecule has 0 radical (unpaired) electrons. The predicted molar refractivity (Wildman–Crippen MR) is 111 cm³/mol. The van der Waals surface area contributed by atoms with E-state index in [0.717, 1.165) is 5.56 Å². The molecule has 0 saturated carbocycles. The molecule has 1 saturated heterocycles. The minimum absolute atomic E-state index is 0.00320. The van der Waals surface area contributed by atoms with Crippen LogP contribution in [0.25, 0.3) is 0 Å². The van der Waals surface area contributed by atoms with Gasteiger partial charge in [0.1, 0.15) is 10.6 Å². The Bertz CT molecular complexity index is 1070. The van der Waals surface area contributed by atoms with E-state index in [0.29, 0.717) is 17.2 Å². The first-order chi connectivity index (χ1) is 13.8. The number of halogens is 3. The number of sulfonamides is 1. The number of amides is 1. The van der Waals surface area contributed by atoms with Gasteiger partial charge in [-0.25, -0.2) is 8.42 Å². The fourth-order valence-electron chi connectivity index (χ4n) is 3.53. The molecule has 2 aliphatic heterocycles. The van der Waals surface area contributed by atoms with Crippen molar-refractivity contribution in [3.05, 3.63) is 57.0 Å². The van der Waals surface area contributed by atoms with Gasteiger partial charge in [-0.2, -0.15) is 4.31 Å². The lowest BCUT2D eigenvalue weighted by Gasteiger charge is -2.35. The Balaban J connectivity index is 1.42. The van der Waals surface area contributed by atoms with Gasteiger partial charge in [0.05, 0.1) is 10.0 Å². The first kappa shape index (κ1) is 20.8. The molecular weight excluding hydrogens is 459 g/mol. The largest absolute Gasteiger partial charge is 0.480 e. The Morgan fingerprint density at radius 1 is 1.03 bits per heavy atom. The molecule has 6 nitrogen and oxygen atoms in total. The van der Waals surface area contributed by atoms with E-state index in [1.807, 2.05) is 0 Å². The van der Waals surface area contributed by atoms with Gasteiger partial charge in [-0.05, 0) is 35.9 Å². The molecule has 4 rings (SSSR count). The number of rotatable bonds is 3. The van der Waals surface area contributed by atoms with Gasteiger partial charge in [0, 0.05) is 37.6 Å². The maximum Gasteiger partial charge on any atom is 0.264 e. The van der Waals surface area contributed by atoms with E-state index in [1.165, 1.54) is 16.4 Å². The fourth-order valence-corrected chi connectivity index (χ4v) is 5.88. The first-order valence-electron chi connectivity index (χ1n) is 8.95. The number of hydrogen-bond donors (Lipinski definition) is 0. The van der Waals surface area contributed by atoms with Crippen LogP contribution in [0.5, 0.6) is 5.75 Å². The summed E-state index contributed by atoms with van der Waals surface area (Å²) in [5.74, 6) is 0.500. The van der Waals surface area contributed by atoms with Gasteiger partial charge in [0.2, 0.25) is 10.0 Å². The third-order valence-electron chi connectivity index (χ3n) is 5.06. The molecule has 1 fully saturated rings. The van der Waals surface area contributed by atoms with Gasteiger partial charge < -0.3 is 9.64 Å². The van der Waals surface area contributed by atoms with Crippen LogP contribution in [0.15, 0.2) is 41.3 Å². The van der Waals surface area contributed by atoms with E-state index in [4.69, 9.17) is 39.5 Å². The summed E-state index contributed by atoms with van der Waals surface area (Å²) in [5, 5.41) is 0.780. The number of fused-ring (bicyclic) bond motifs is 1. The highest BCUT2D eigenvalue weighted by Gasteiger charge is 2.36. The highest BCUT2D eigenvalue weighted by Crippen LogP contribution is 2.33. The zero-order valence-corrected chi connectivity index (χ0v) is 18.2. The van der Waals surface area contributed by atoms with Crippen molar-refractivity contribution < 1.29 is 17.9 Å². The van der Waals surface area contributed by atoms with Crippen LogP contribution in [0.4, 0.5) is 0 Å². The Morgan fingerprint density at radius 3 is 2.48 bits per heavy atom. The van der Waals surface area contributed by atoms with Gasteiger partial charge in [0.15, 0.2) is 6.10 Å². The highest BCUT2D eigenvalue weighted by atomic mass is 35.5. The van der Waals surface area contributed by atoms with E-state index >= 15 is 0 Å². The topological polar surface area (TPSA) is 66.9 Å². The third kappa shape index (κ3) is 3.94. The van der Waals surface area contributed by atoms with Crippen molar-refractivity contribution in [3.8, 4) is 5.75 Å². The Kier molecular flexibility index (Phi) is 5.70. The third-order valence-corrected chi connectivity index (χ3v) is 8.16. The predicted octanol–water partition coefficient (Wildman–Crippen LogP) is 3.48. The number of carbonyl (C=O) groups is 1. The maximum absolute atomic E-state index is 12.9. The van der Waals surface area contributed by atoms with Crippen LogP contribution in [0.2, 0.25) is 15.1 Å². The summed E-state index contributed by atoms with van der Waals surface area (Å²) in [6.07, 6.45) is -0.167. The lowest BCUT2D eigenvalue weighted by atomic mass is 10.1. The number of carbonyl (C=O) groups excluding carboxylic acids is 1. The van der Waals surface area contributed by atoms with Crippen molar-refractivity contribution in [2.45, 2.75) is 17.4 Å². The molecule has 29 heavy (non-hydrogen) atoms. The van der Waals surface area contributed by atoms with Crippen molar-refractivity contribution in [2.75, 3.05) is 26.2 Å². The molecule has 0 bridgehead atoms. The van der Waals surface area contributed by atoms with Crippen LogP contribution < -0.4 is 4.74 Å². The van der Waals surface area contributed by atoms with Crippen LogP contribution in [0.1, 0.15) is 5.56 Å². The first-order valence-corrected chi connectivity index (χ1v) is 11.5. The van der Waals surface area contributed by atoms with Gasteiger partial charge in [-0.15, -0.1) is 0 Å². The van der Waals surface area contributed by atoms with E-state index in [-0.39, 0.29) is 47.0 Å². The van der Waals surface area contributed by atoms with Crippen molar-refractivity contribution in [2.24, 2.45) is 0 Å². The molecule has 0 aliphatic carbocycles. The number of ether oxygens (including phenoxy) is 1. The Hall–Kier alpha value is -1.51. The minimum Gasteiger partial charge on any atom is -0.480 e. The summed E-state index contributed by atoms with van der Waals surface area (Å²) in [6, 6.07) is 9.77. The summed E-state index contributed by atoms with van der Waals surface area (Å²) < 4.78 is 32.9. The van der Waals surface area contributed by atoms with Gasteiger partial charge in [-0.1, -0.05) is 40.9 Å². The van der Waals surface area contributed by atoms with E-state index in [1.54, 1.807) is 29.2 Å². The average molecular weight is 476 g/mol. The van der Waals surface area contributed by atoms with Crippen LogP contribution in [-0.2, 0) is 21.2 Å². The number of hydrogen-bond acceptors (Lipinski definition) is 4. The molecule has 1 amide bonds. The van der Waals surface area contributed by atoms with Crippen LogP contribution in [0.3, 0.4) is 0 Å². The molecular formula is C19H17Cl3N2O4S. The molecule has 2 heterocycles. The normalized spacial score (nSPS) is 19.7. The molecule has 2 aliphatic rings. The molecule has 1 unspecified atom stereocenters. The SMILES string of the molecule is O=C(C1Cc2cc(Cl)ccc2O1)N1CCN(S(=O)(=O)c2cccc(Cl)c2Cl)CC1. The van der Waals surface area contributed by atoms with Crippen LogP contribution in [0, 0.1) is 0 Å². The smallest absolute Gasteiger partial charge is 0.264 e.